The van der Waals surface area contributed by atoms with Crippen LogP contribution in [-0.4, -0.2) is 55.5 Å². The Kier molecular flexibility index (Phi) is 7.27. The first kappa shape index (κ1) is 22.9. The molecular formula is C20H24O8S2. The maximum absolute atomic E-state index is 12.2. The minimum absolute atomic E-state index is 0.0576. The lowest BCUT2D eigenvalue weighted by atomic mass is 10.2. The molecule has 0 spiro atoms. The first-order chi connectivity index (χ1) is 14.2. The van der Waals surface area contributed by atoms with Crippen molar-refractivity contribution in [3.05, 3.63) is 59.7 Å². The Labute approximate surface area is 177 Å². The molecule has 1 aliphatic rings. The summed E-state index contributed by atoms with van der Waals surface area (Å²) in [5.74, 6) is 0. The van der Waals surface area contributed by atoms with Gasteiger partial charge in [0.15, 0.2) is 0 Å². The van der Waals surface area contributed by atoms with E-state index in [2.05, 4.69) is 0 Å². The quantitative estimate of drug-likeness (QED) is 0.557. The molecule has 10 heteroatoms. The molecule has 0 N–H and O–H groups in total. The molecule has 1 aliphatic heterocycles. The normalized spacial score (nSPS) is 20.2. The van der Waals surface area contributed by atoms with Crippen LogP contribution in [0.4, 0.5) is 0 Å². The van der Waals surface area contributed by atoms with Crippen molar-refractivity contribution in [3.63, 3.8) is 0 Å². The molecular weight excluding hydrogens is 432 g/mol. The molecule has 30 heavy (non-hydrogen) atoms. The van der Waals surface area contributed by atoms with Crippen molar-refractivity contribution in [3.8, 4) is 0 Å². The lowest BCUT2D eigenvalue weighted by Gasteiger charge is -2.28. The van der Waals surface area contributed by atoms with Crippen LogP contribution in [0.3, 0.4) is 0 Å². The van der Waals surface area contributed by atoms with Gasteiger partial charge in [-0.3, -0.25) is 8.37 Å². The Bertz CT molecular complexity index is 949. The van der Waals surface area contributed by atoms with E-state index < -0.39 is 32.4 Å². The maximum atomic E-state index is 12.2. The van der Waals surface area contributed by atoms with E-state index in [-0.39, 0.29) is 36.2 Å². The summed E-state index contributed by atoms with van der Waals surface area (Å²) in [5.41, 5.74) is 1.88. The molecule has 164 valence electrons. The number of hydrogen-bond donors (Lipinski definition) is 0. The van der Waals surface area contributed by atoms with Gasteiger partial charge < -0.3 is 9.47 Å². The van der Waals surface area contributed by atoms with Crippen molar-refractivity contribution in [2.24, 2.45) is 0 Å². The number of aryl methyl sites for hydroxylation is 2. The van der Waals surface area contributed by atoms with Crippen LogP contribution in [0.1, 0.15) is 11.1 Å². The molecule has 0 amide bonds. The van der Waals surface area contributed by atoms with Crippen LogP contribution < -0.4 is 0 Å². The van der Waals surface area contributed by atoms with Gasteiger partial charge in [0.2, 0.25) is 0 Å². The van der Waals surface area contributed by atoms with Crippen LogP contribution in [0.5, 0.6) is 0 Å². The average molecular weight is 457 g/mol. The monoisotopic (exact) mass is 456 g/mol. The minimum Gasteiger partial charge on any atom is -0.371 e. The highest BCUT2D eigenvalue weighted by Gasteiger charge is 2.27. The second kappa shape index (κ2) is 9.54. The largest absolute Gasteiger partial charge is 0.371 e. The molecule has 2 aromatic carbocycles. The van der Waals surface area contributed by atoms with Crippen LogP contribution >= 0.6 is 0 Å². The molecule has 2 unspecified atom stereocenters. The van der Waals surface area contributed by atoms with Gasteiger partial charge in [-0.05, 0) is 38.1 Å². The zero-order valence-electron chi connectivity index (χ0n) is 16.7. The van der Waals surface area contributed by atoms with Gasteiger partial charge in [-0.25, -0.2) is 0 Å². The molecule has 1 heterocycles. The molecule has 0 bridgehead atoms. The van der Waals surface area contributed by atoms with Gasteiger partial charge in [-0.1, -0.05) is 35.4 Å². The predicted molar refractivity (Wildman–Crippen MR) is 108 cm³/mol. The second-order valence-electron chi connectivity index (χ2n) is 7.01. The van der Waals surface area contributed by atoms with Crippen LogP contribution in [-0.2, 0) is 38.1 Å². The van der Waals surface area contributed by atoms with Gasteiger partial charge in [0, 0.05) is 0 Å². The highest BCUT2D eigenvalue weighted by Crippen LogP contribution is 2.17. The molecule has 8 nitrogen and oxygen atoms in total. The molecule has 3 rings (SSSR count). The maximum Gasteiger partial charge on any atom is 0.297 e. The summed E-state index contributed by atoms with van der Waals surface area (Å²) in [7, 11) is -7.79. The highest BCUT2D eigenvalue weighted by atomic mass is 32.2. The third kappa shape index (κ3) is 6.10. The first-order valence-electron chi connectivity index (χ1n) is 9.31. The summed E-state index contributed by atoms with van der Waals surface area (Å²) in [6.45, 7) is 3.42. The van der Waals surface area contributed by atoms with Crippen molar-refractivity contribution in [2.75, 3.05) is 26.4 Å². The lowest BCUT2D eigenvalue weighted by molar-refractivity contribution is -0.149. The Hall–Kier alpha value is -1.82. The molecule has 1 fully saturated rings. The van der Waals surface area contributed by atoms with Crippen molar-refractivity contribution < 1.29 is 34.7 Å². The summed E-state index contributed by atoms with van der Waals surface area (Å²) >= 11 is 0. The fourth-order valence-electron chi connectivity index (χ4n) is 2.65. The smallest absolute Gasteiger partial charge is 0.297 e. The number of hydrogen-bond acceptors (Lipinski definition) is 8. The van der Waals surface area contributed by atoms with Crippen molar-refractivity contribution in [1.82, 2.24) is 0 Å². The Morgan fingerprint density at radius 2 is 1.03 bits per heavy atom. The van der Waals surface area contributed by atoms with Crippen LogP contribution in [0.25, 0.3) is 0 Å². The van der Waals surface area contributed by atoms with Gasteiger partial charge in [0.05, 0.1) is 36.2 Å². The van der Waals surface area contributed by atoms with Gasteiger partial charge in [-0.15, -0.1) is 0 Å². The van der Waals surface area contributed by atoms with Crippen molar-refractivity contribution in [2.45, 2.75) is 35.8 Å². The second-order valence-corrected chi connectivity index (χ2v) is 10.2. The van der Waals surface area contributed by atoms with Gasteiger partial charge >= 0.3 is 0 Å². The molecule has 2 aromatic rings. The van der Waals surface area contributed by atoms with E-state index in [0.717, 1.165) is 11.1 Å². The topological polar surface area (TPSA) is 105 Å². The van der Waals surface area contributed by atoms with Crippen molar-refractivity contribution >= 4 is 20.2 Å². The third-order valence-corrected chi connectivity index (χ3v) is 7.06. The van der Waals surface area contributed by atoms with E-state index in [9.17, 15) is 16.8 Å². The minimum atomic E-state index is -3.89. The average Bonchev–Trinajstić information content (AvgIpc) is 2.72. The Morgan fingerprint density at radius 3 is 1.33 bits per heavy atom. The summed E-state index contributed by atoms with van der Waals surface area (Å²) in [4.78, 5) is 0.134. The highest BCUT2D eigenvalue weighted by molar-refractivity contribution is 7.87. The van der Waals surface area contributed by atoms with E-state index in [1.54, 1.807) is 24.3 Å². The molecule has 0 aliphatic carbocycles. The third-order valence-electron chi connectivity index (χ3n) is 4.47. The first-order valence-corrected chi connectivity index (χ1v) is 12.1. The zero-order chi connectivity index (χ0) is 21.8. The van der Waals surface area contributed by atoms with Crippen LogP contribution in [0.15, 0.2) is 58.3 Å². The van der Waals surface area contributed by atoms with Gasteiger partial charge in [-0.2, -0.15) is 16.8 Å². The standard InChI is InChI=1S/C20H24O8S2/c1-15-3-7-19(8-4-15)29(21,22)27-13-17-11-26-18(12-25-17)14-28-30(23,24)20-9-5-16(2)6-10-20/h3-10,17-18H,11-14H2,1-2H3. The van der Waals surface area contributed by atoms with E-state index in [0.29, 0.717) is 0 Å². The van der Waals surface area contributed by atoms with E-state index in [1.165, 1.54) is 24.3 Å². The number of benzene rings is 2. The molecule has 0 saturated carbocycles. The Balaban J connectivity index is 1.44. The SMILES string of the molecule is Cc1ccc(S(=O)(=O)OCC2COC(COS(=O)(=O)c3ccc(C)cc3)CO2)cc1. The molecule has 0 radical (unpaired) electrons. The summed E-state index contributed by atoms with van der Waals surface area (Å²) < 4.78 is 70.0. The number of rotatable bonds is 8. The predicted octanol–water partition coefficient (Wildman–Crippen LogP) is 2.20. The summed E-state index contributed by atoms with van der Waals surface area (Å²) in [5, 5.41) is 0. The zero-order valence-corrected chi connectivity index (χ0v) is 18.3. The Morgan fingerprint density at radius 1 is 0.700 bits per heavy atom. The van der Waals surface area contributed by atoms with E-state index in [1.807, 2.05) is 13.8 Å². The van der Waals surface area contributed by atoms with Gasteiger partial charge in [0.25, 0.3) is 20.2 Å². The van der Waals surface area contributed by atoms with E-state index in [4.69, 9.17) is 17.8 Å². The summed E-state index contributed by atoms with van der Waals surface area (Å²) in [6, 6.07) is 12.7. The fourth-order valence-corrected chi connectivity index (χ4v) is 4.53. The summed E-state index contributed by atoms with van der Waals surface area (Å²) in [6.07, 6.45) is -1.18. The lowest BCUT2D eigenvalue weighted by Crippen LogP contribution is -2.41. The fraction of sp³-hybridized carbons (Fsp3) is 0.400. The number of ether oxygens (including phenoxy) is 2. The molecule has 2 atom stereocenters. The molecule has 0 aromatic heterocycles. The van der Waals surface area contributed by atoms with Crippen LogP contribution in [0, 0.1) is 13.8 Å². The van der Waals surface area contributed by atoms with E-state index >= 15 is 0 Å². The molecule has 1 saturated heterocycles. The van der Waals surface area contributed by atoms with Gasteiger partial charge in [0.1, 0.15) is 12.2 Å². The van der Waals surface area contributed by atoms with Crippen molar-refractivity contribution in [1.29, 1.82) is 0 Å². The van der Waals surface area contributed by atoms with Crippen LogP contribution in [0.2, 0.25) is 0 Å².